The van der Waals surface area contributed by atoms with Crippen LogP contribution >= 0.6 is 11.6 Å². The van der Waals surface area contributed by atoms with Crippen molar-refractivity contribution in [1.29, 1.82) is 0 Å². The lowest BCUT2D eigenvalue weighted by Gasteiger charge is -2.36. The highest BCUT2D eigenvalue weighted by molar-refractivity contribution is 6.31. The second-order valence-corrected chi connectivity index (χ2v) is 10.6. The lowest BCUT2D eigenvalue weighted by molar-refractivity contribution is 0.0186. The molecule has 8 nitrogen and oxygen atoms in total. The number of amides is 1. The Kier molecular flexibility index (Phi) is 5.99. The van der Waals surface area contributed by atoms with Gasteiger partial charge < -0.3 is 19.4 Å². The van der Waals surface area contributed by atoms with Crippen molar-refractivity contribution in [1.82, 2.24) is 19.7 Å². The highest BCUT2D eigenvalue weighted by Gasteiger charge is 2.31. The van der Waals surface area contributed by atoms with Crippen LogP contribution in [0.2, 0.25) is 5.02 Å². The molecule has 2 aliphatic rings. The maximum Gasteiger partial charge on any atom is 0.410 e. The smallest absolute Gasteiger partial charge is 0.410 e. The molecule has 186 valence electrons. The number of halogens is 2. The minimum Gasteiger partial charge on any atom is -0.444 e. The first-order valence-corrected chi connectivity index (χ1v) is 12.3. The molecule has 1 aromatic carbocycles. The van der Waals surface area contributed by atoms with E-state index in [2.05, 4.69) is 9.88 Å². The zero-order valence-electron chi connectivity index (χ0n) is 20.5. The number of ether oxygens (including phenoxy) is 1. The third-order valence-electron chi connectivity index (χ3n) is 6.58. The first-order chi connectivity index (χ1) is 16.6. The standard InChI is InChI=1S/C25H30ClFN6O2/c1-25(2,3)35-24(34)31-9-6-16(7-10-31)33-20-5-8-28-15-17(20)23(29-33)32-12-11-30(4)21-13-18(26)19(27)14-22(21)32/h5,8,13-16H,6-7,9-12H2,1-4H3. The van der Waals surface area contributed by atoms with Gasteiger partial charge in [-0.2, -0.15) is 5.10 Å². The zero-order valence-corrected chi connectivity index (χ0v) is 21.2. The number of anilines is 3. The number of carbonyl (C=O) groups is 1. The molecule has 0 aliphatic carbocycles. The van der Waals surface area contributed by atoms with E-state index >= 15 is 0 Å². The number of piperidine rings is 1. The molecular formula is C25H30ClFN6O2. The summed E-state index contributed by atoms with van der Waals surface area (Å²) in [5, 5.41) is 6.05. The van der Waals surface area contributed by atoms with Crippen LogP contribution in [0, 0.1) is 5.82 Å². The summed E-state index contributed by atoms with van der Waals surface area (Å²) in [4.78, 5) is 22.7. The number of benzene rings is 1. The quantitative estimate of drug-likeness (QED) is 0.470. The van der Waals surface area contributed by atoms with E-state index in [0.717, 1.165) is 47.5 Å². The number of rotatable bonds is 2. The molecule has 1 fully saturated rings. The maximum absolute atomic E-state index is 14.5. The topological polar surface area (TPSA) is 66.7 Å². The third kappa shape index (κ3) is 4.49. The average Bonchev–Trinajstić information content (AvgIpc) is 3.19. The number of nitrogens with zero attached hydrogens (tertiary/aromatic N) is 6. The first-order valence-electron chi connectivity index (χ1n) is 11.9. The van der Waals surface area contributed by atoms with Crippen molar-refractivity contribution >= 4 is 45.8 Å². The fourth-order valence-electron chi connectivity index (χ4n) is 4.82. The molecule has 2 aromatic heterocycles. The number of likely N-dealkylation sites (N-methyl/N-ethyl adjacent to an activating group) is 1. The van der Waals surface area contributed by atoms with Gasteiger partial charge in [0.25, 0.3) is 0 Å². The monoisotopic (exact) mass is 500 g/mol. The van der Waals surface area contributed by atoms with E-state index in [9.17, 15) is 9.18 Å². The zero-order chi connectivity index (χ0) is 24.9. The fourth-order valence-corrected chi connectivity index (χ4v) is 4.98. The van der Waals surface area contributed by atoms with Gasteiger partial charge in [-0.3, -0.25) is 9.67 Å². The van der Waals surface area contributed by atoms with Gasteiger partial charge in [-0.05, 0) is 45.7 Å². The molecule has 0 N–H and O–H groups in total. The molecular weight excluding hydrogens is 471 g/mol. The molecule has 35 heavy (non-hydrogen) atoms. The molecule has 1 saturated heterocycles. The molecule has 0 bridgehead atoms. The molecule has 4 heterocycles. The van der Waals surface area contributed by atoms with Gasteiger partial charge in [0.2, 0.25) is 0 Å². The molecule has 0 radical (unpaired) electrons. The van der Waals surface area contributed by atoms with Crippen LogP contribution in [0.1, 0.15) is 39.7 Å². The van der Waals surface area contributed by atoms with E-state index < -0.39 is 11.4 Å². The fraction of sp³-hybridized carbons (Fsp3) is 0.480. The van der Waals surface area contributed by atoms with E-state index in [1.165, 1.54) is 6.07 Å². The van der Waals surface area contributed by atoms with Crippen molar-refractivity contribution in [2.24, 2.45) is 0 Å². The highest BCUT2D eigenvalue weighted by atomic mass is 35.5. The van der Waals surface area contributed by atoms with E-state index in [1.807, 2.05) is 49.7 Å². The number of carbonyl (C=O) groups excluding carboxylic acids is 1. The number of likely N-dealkylation sites (tertiary alicyclic amines) is 1. The van der Waals surface area contributed by atoms with Gasteiger partial charge in [-0.25, -0.2) is 9.18 Å². The van der Waals surface area contributed by atoms with Gasteiger partial charge in [-0.1, -0.05) is 11.6 Å². The van der Waals surface area contributed by atoms with Crippen LogP contribution < -0.4 is 9.80 Å². The minimum absolute atomic E-state index is 0.103. The van der Waals surface area contributed by atoms with Crippen molar-refractivity contribution in [3.63, 3.8) is 0 Å². The Morgan fingerprint density at radius 3 is 2.60 bits per heavy atom. The van der Waals surface area contributed by atoms with E-state index in [4.69, 9.17) is 21.4 Å². The lowest BCUT2D eigenvalue weighted by atomic mass is 10.1. The van der Waals surface area contributed by atoms with Crippen LogP contribution in [0.25, 0.3) is 10.9 Å². The summed E-state index contributed by atoms with van der Waals surface area (Å²) >= 11 is 6.09. The van der Waals surface area contributed by atoms with Crippen molar-refractivity contribution in [3.05, 3.63) is 41.4 Å². The predicted octanol–water partition coefficient (Wildman–Crippen LogP) is 5.38. The average molecular weight is 501 g/mol. The Morgan fingerprint density at radius 2 is 1.89 bits per heavy atom. The first kappa shape index (κ1) is 23.7. The number of hydrogen-bond donors (Lipinski definition) is 0. The molecule has 0 spiro atoms. The summed E-state index contributed by atoms with van der Waals surface area (Å²) in [5.74, 6) is 0.292. The summed E-state index contributed by atoms with van der Waals surface area (Å²) in [6.45, 7) is 8.23. The Balaban J connectivity index is 1.46. The van der Waals surface area contributed by atoms with Crippen LogP contribution in [-0.4, -0.2) is 64.6 Å². The Bertz CT molecular complexity index is 1260. The van der Waals surface area contributed by atoms with Crippen LogP contribution in [0.15, 0.2) is 30.6 Å². The van der Waals surface area contributed by atoms with Crippen LogP contribution in [-0.2, 0) is 4.74 Å². The number of aromatic nitrogens is 3. The van der Waals surface area contributed by atoms with Gasteiger partial charge in [0.05, 0.1) is 33.3 Å². The van der Waals surface area contributed by atoms with Gasteiger partial charge >= 0.3 is 6.09 Å². The number of pyridine rings is 1. The molecule has 2 aliphatic heterocycles. The molecule has 3 aromatic rings. The highest BCUT2D eigenvalue weighted by Crippen LogP contribution is 2.42. The van der Waals surface area contributed by atoms with Crippen molar-refractivity contribution in [3.8, 4) is 0 Å². The second kappa shape index (κ2) is 8.86. The molecule has 1 amide bonds. The normalized spacial score (nSPS) is 17.1. The number of hydrogen-bond acceptors (Lipinski definition) is 6. The Morgan fingerprint density at radius 1 is 1.14 bits per heavy atom. The van der Waals surface area contributed by atoms with E-state index in [0.29, 0.717) is 19.6 Å². The van der Waals surface area contributed by atoms with Crippen molar-refractivity contribution in [2.75, 3.05) is 43.0 Å². The maximum atomic E-state index is 14.5. The minimum atomic E-state index is -0.517. The van der Waals surface area contributed by atoms with Gasteiger partial charge in [0.15, 0.2) is 5.82 Å². The molecule has 10 heteroatoms. The summed E-state index contributed by atoms with van der Waals surface area (Å²) in [6.07, 6.45) is 4.83. The van der Waals surface area contributed by atoms with Crippen LogP contribution in [0.3, 0.4) is 0 Å². The SMILES string of the molecule is CN1CCN(c2nn(C3CCN(C(=O)OC(C)(C)C)CC3)c3ccncc23)c2cc(F)c(Cl)cc21. The van der Waals surface area contributed by atoms with E-state index in [-0.39, 0.29) is 17.2 Å². The van der Waals surface area contributed by atoms with Crippen LogP contribution in [0.5, 0.6) is 0 Å². The third-order valence-corrected chi connectivity index (χ3v) is 6.87. The molecule has 0 atom stereocenters. The van der Waals surface area contributed by atoms with Gasteiger partial charge in [0, 0.05) is 51.7 Å². The Hall–Kier alpha value is -3.07. The van der Waals surface area contributed by atoms with Crippen LogP contribution in [0.4, 0.5) is 26.4 Å². The van der Waals surface area contributed by atoms with Crippen molar-refractivity contribution in [2.45, 2.75) is 45.3 Å². The Labute approximate surface area is 209 Å². The summed E-state index contributed by atoms with van der Waals surface area (Å²) in [6, 6.07) is 5.24. The van der Waals surface area contributed by atoms with Crippen molar-refractivity contribution < 1.29 is 13.9 Å². The second-order valence-electron chi connectivity index (χ2n) is 10.2. The number of fused-ring (bicyclic) bond motifs is 2. The predicted molar refractivity (Wildman–Crippen MR) is 135 cm³/mol. The largest absolute Gasteiger partial charge is 0.444 e. The summed E-state index contributed by atoms with van der Waals surface area (Å²) in [7, 11) is 1.97. The molecule has 0 unspecified atom stereocenters. The molecule has 0 saturated carbocycles. The molecule has 5 rings (SSSR count). The van der Waals surface area contributed by atoms with E-state index in [1.54, 1.807) is 17.2 Å². The van der Waals surface area contributed by atoms with Gasteiger partial charge in [-0.15, -0.1) is 0 Å². The lowest BCUT2D eigenvalue weighted by Crippen LogP contribution is -2.42. The summed E-state index contributed by atoms with van der Waals surface area (Å²) in [5.41, 5.74) is 2.05. The summed E-state index contributed by atoms with van der Waals surface area (Å²) < 4.78 is 22.1. The van der Waals surface area contributed by atoms with Gasteiger partial charge in [0.1, 0.15) is 11.4 Å².